The first-order valence-corrected chi connectivity index (χ1v) is 10.6. The predicted octanol–water partition coefficient (Wildman–Crippen LogP) is 3.42. The molecule has 2 heterocycles. The lowest BCUT2D eigenvalue weighted by atomic mass is 10.1. The van der Waals surface area contributed by atoms with Crippen LogP contribution >= 0.6 is 11.3 Å². The van der Waals surface area contributed by atoms with Gasteiger partial charge in [0.2, 0.25) is 5.91 Å². The molecule has 8 heteroatoms. The highest BCUT2D eigenvalue weighted by molar-refractivity contribution is 7.22. The van der Waals surface area contributed by atoms with Crippen LogP contribution in [-0.2, 0) is 11.3 Å². The van der Waals surface area contributed by atoms with Crippen molar-refractivity contribution in [3.63, 3.8) is 0 Å². The van der Waals surface area contributed by atoms with E-state index >= 15 is 0 Å². The number of carbonyl (C=O) groups is 1. The molecule has 30 heavy (non-hydrogen) atoms. The predicted molar refractivity (Wildman–Crippen MR) is 120 cm³/mol. The van der Waals surface area contributed by atoms with Crippen molar-refractivity contribution in [2.24, 2.45) is 0 Å². The van der Waals surface area contributed by atoms with Crippen LogP contribution in [0.15, 0.2) is 45.6 Å². The van der Waals surface area contributed by atoms with Crippen molar-refractivity contribution >= 4 is 43.7 Å². The Kier molecular flexibility index (Phi) is 5.44. The highest BCUT2D eigenvalue weighted by Gasteiger charge is 2.23. The first-order chi connectivity index (χ1) is 14.3. The molecular formula is C22H24N4O3S. The second-order valence-electron chi connectivity index (χ2n) is 7.70. The number of amides is 1. The molecule has 0 aliphatic heterocycles. The van der Waals surface area contributed by atoms with E-state index in [0.717, 1.165) is 21.3 Å². The zero-order valence-corrected chi connectivity index (χ0v) is 18.3. The fourth-order valence-corrected chi connectivity index (χ4v) is 4.67. The first-order valence-electron chi connectivity index (χ1n) is 9.75. The minimum atomic E-state index is -0.534. The molecule has 0 atom stereocenters. The van der Waals surface area contributed by atoms with E-state index in [4.69, 9.17) is 9.40 Å². The summed E-state index contributed by atoms with van der Waals surface area (Å²) in [5, 5.41) is 0.645. The number of anilines is 1. The van der Waals surface area contributed by atoms with Crippen LogP contribution < -0.4 is 10.7 Å². The SMILES string of the molecule is Cc1cc(C)c2nc(N(CCN(C)C)C(=O)Cn3c(=O)oc4ccccc43)sc2c1. The van der Waals surface area contributed by atoms with Crippen molar-refractivity contribution < 1.29 is 9.21 Å². The number of rotatable bonds is 6. The van der Waals surface area contributed by atoms with Crippen molar-refractivity contribution in [3.05, 3.63) is 58.1 Å². The smallest absolute Gasteiger partial charge is 0.408 e. The highest BCUT2D eigenvalue weighted by atomic mass is 32.1. The summed E-state index contributed by atoms with van der Waals surface area (Å²) in [6.45, 7) is 5.14. The molecule has 7 nitrogen and oxygen atoms in total. The number of aryl methyl sites for hydroxylation is 2. The molecule has 0 saturated heterocycles. The molecule has 0 N–H and O–H groups in total. The maximum absolute atomic E-state index is 13.3. The summed E-state index contributed by atoms with van der Waals surface area (Å²) in [6.07, 6.45) is 0. The van der Waals surface area contributed by atoms with Gasteiger partial charge in [-0.2, -0.15) is 0 Å². The summed E-state index contributed by atoms with van der Waals surface area (Å²) >= 11 is 1.50. The van der Waals surface area contributed by atoms with Gasteiger partial charge in [0.05, 0.1) is 15.7 Å². The quantitative estimate of drug-likeness (QED) is 0.474. The van der Waals surface area contributed by atoms with Gasteiger partial charge in [0.15, 0.2) is 10.7 Å². The van der Waals surface area contributed by atoms with Gasteiger partial charge in [-0.25, -0.2) is 9.78 Å². The van der Waals surface area contributed by atoms with Gasteiger partial charge in [0.1, 0.15) is 6.54 Å². The number of thiazole rings is 1. The third-order valence-electron chi connectivity index (χ3n) is 4.99. The molecule has 0 fully saturated rings. The molecule has 1 amide bonds. The van der Waals surface area contributed by atoms with E-state index in [-0.39, 0.29) is 12.5 Å². The molecule has 4 rings (SSSR count). The van der Waals surface area contributed by atoms with Gasteiger partial charge in [-0.15, -0.1) is 0 Å². The Morgan fingerprint density at radius 1 is 1.17 bits per heavy atom. The van der Waals surface area contributed by atoms with Gasteiger partial charge < -0.3 is 9.32 Å². The normalized spacial score (nSPS) is 11.6. The lowest BCUT2D eigenvalue weighted by molar-refractivity contribution is -0.119. The first kappa shape index (κ1) is 20.3. The lowest BCUT2D eigenvalue weighted by Gasteiger charge is -2.22. The number of fused-ring (bicyclic) bond motifs is 2. The second kappa shape index (κ2) is 8.04. The molecule has 0 bridgehead atoms. The van der Waals surface area contributed by atoms with Crippen LogP contribution in [0.25, 0.3) is 21.3 Å². The Labute approximate surface area is 178 Å². The van der Waals surface area contributed by atoms with E-state index in [1.165, 1.54) is 15.9 Å². The van der Waals surface area contributed by atoms with E-state index in [1.54, 1.807) is 23.1 Å². The average Bonchev–Trinajstić information content (AvgIpc) is 3.23. The maximum atomic E-state index is 13.3. The fraction of sp³-hybridized carbons (Fsp3) is 0.318. The highest BCUT2D eigenvalue weighted by Crippen LogP contribution is 2.32. The topological polar surface area (TPSA) is 71.6 Å². The van der Waals surface area contributed by atoms with Crippen molar-refractivity contribution in [2.75, 3.05) is 32.1 Å². The molecule has 156 valence electrons. The van der Waals surface area contributed by atoms with Gasteiger partial charge in [-0.1, -0.05) is 29.5 Å². The van der Waals surface area contributed by atoms with Crippen molar-refractivity contribution in [2.45, 2.75) is 20.4 Å². The zero-order valence-electron chi connectivity index (χ0n) is 17.5. The van der Waals surface area contributed by atoms with Crippen molar-refractivity contribution in [3.8, 4) is 0 Å². The van der Waals surface area contributed by atoms with Gasteiger partial charge in [-0.3, -0.25) is 14.3 Å². The minimum absolute atomic E-state index is 0.1000. The number of hydrogen-bond acceptors (Lipinski definition) is 6. The third kappa shape index (κ3) is 3.88. The van der Waals surface area contributed by atoms with Crippen LogP contribution in [0.5, 0.6) is 0 Å². The minimum Gasteiger partial charge on any atom is -0.408 e. The van der Waals surface area contributed by atoms with Gasteiger partial charge in [-0.05, 0) is 57.3 Å². The summed E-state index contributed by atoms with van der Waals surface area (Å²) < 4.78 is 7.71. The molecule has 0 aliphatic rings. The number of likely N-dealkylation sites (N-methyl/N-ethyl adjacent to an activating group) is 1. The van der Waals surface area contributed by atoms with Crippen LogP contribution in [0.2, 0.25) is 0 Å². The van der Waals surface area contributed by atoms with Crippen molar-refractivity contribution in [1.82, 2.24) is 14.5 Å². The summed E-state index contributed by atoms with van der Waals surface area (Å²) in [7, 11) is 3.92. The largest absolute Gasteiger partial charge is 0.420 e. The Morgan fingerprint density at radius 3 is 2.70 bits per heavy atom. The Hall–Kier alpha value is -2.97. The van der Waals surface area contributed by atoms with E-state index in [1.807, 2.05) is 32.0 Å². The summed E-state index contributed by atoms with van der Waals surface area (Å²) in [4.78, 5) is 34.1. The molecule has 0 radical (unpaired) electrons. The second-order valence-corrected chi connectivity index (χ2v) is 8.70. The average molecular weight is 425 g/mol. The lowest BCUT2D eigenvalue weighted by Crippen LogP contribution is -2.39. The van der Waals surface area contributed by atoms with Crippen molar-refractivity contribution in [1.29, 1.82) is 0 Å². The standard InChI is InChI=1S/C22H24N4O3S/c1-14-11-15(2)20-18(12-14)30-21(23-20)25(10-9-24(3)4)19(27)13-26-16-7-5-6-8-17(16)29-22(26)28/h5-8,11-12H,9-10,13H2,1-4H3. The van der Waals surface area contributed by atoms with Crippen LogP contribution in [0.4, 0.5) is 5.13 Å². The van der Waals surface area contributed by atoms with Crippen LogP contribution in [0, 0.1) is 13.8 Å². The number of hydrogen-bond donors (Lipinski definition) is 0. The molecule has 0 aliphatic carbocycles. The number of nitrogens with zero attached hydrogens (tertiary/aromatic N) is 4. The van der Waals surface area contributed by atoms with Crippen LogP contribution in [-0.4, -0.2) is 47.5 Å². The van der Waals surface area contributed by atoms with Gasteiger partial charge in [0, 0.05) is 13.1 Å². The molecular weight excluding hydrogens is 400 g/mol. The number of carbonyl (C=O) groups excluding carboxylic acids is 1. The summed E-state index contributed by atoms with van der Waals surface area (Å²) in [5.41, 5.74) is 4.25. The van der Waals surface area contributed by atoms with E-state index < -0.39 is 5.76 Å². The van der Waals surface area contributed by atoms with Gasteiger partial charge >= 0.3 is 5.76 Å². The Balaban J connectivity index is 1.71. The summed E-state index contributed by atoms with van der Waals surface area (Å²) in [6, 6.07) is 11.3. The molecule has 0 unspecified atom stereocenters. The molecule has 0 spiro atoms. The molecule has 4 aromatic rings. The molecule has 2 aromatic heterocycles. The van der Waals surface area contributed by atoms with E-state index in [2.05, 4.69) is 19.1 Å². The monoisotopic (exact) mass is 424 g/mol. The maximum Gasteiger partial charge on any atom is 0.420 e. The molecule has 2 aromatic carbocycles. The van der Waals surface area contributed by atoms with Crippen LogP contribution in [0.1, 0.15) is 11.1 Å². The summed E-state index contributed by atoms with van der Waals surface area (Å²) in [5.74, 6) is -0.730. The van der Waals surface area contributed by atoms with Gasteiger partial charge in [0.25, 0.3) is 0 Å². The number of para-hydroxylation sites is 2. The van der Waals surface area contributed by atoms with Crippen LogP contribution in [0.3, 0.4) is 0 Å². The number of oxazole rings is 1. The van der Waals surface area contributed by atoms with E-state index in [9.17, 15) is 9.59 Å². The Bertz CT molecular complexity index is 1280. The third-order valence-corrected chi connectivity index (χ3v) is 6.01. The number of aromatic nitrogens is 2. The van der Waals surface area contributed by atoms with E-state index in [0.29, 0.717) is 29.3 Å². The Morgan fingerprint density at radius 2 is 1.93 bits per heavy atom. The fourth-order valence-electron chi connectivity index (χ4n) is 3.49. The number of benzene rings is 2. The zero-order chi connectivity index (χ0) is 21.4. The molecule has 0 saturated carbocycles.